The van der Waals surface area contributed by atoms with E-state index in [1.165, 1.54) is 6.42 Å². The van der Waals surface area contributed by atoms with Crippen LogP contribution in [0.2, 0.25) is 0 Å². The molecular formula is C45H59N5O7. The van der Waals surface area contributed by atoms with E-state index in [9.17, 15) is 19.5 Å². The first-order chi connectivity index (χ1) is 26.4. The van der Waals surface area contributed by atoms with Crippen molar-refractivity contribution in [3.05, 3.63) is 59.0 Å². The number of rotatable bonds is 10. The lowest BCUT2D eigenvalue weighted by Crippen LogP contribution is -2.64. The summed E-state index contributed by atoms with van der Waals surface area (Å²) < 4.78 is 20.5. The van der Waals surface area contributed by atoms with Crippen molar-refractivity contribution in [2.24, 2.45) is 16.2 Å². The third-order valence-corrected chi connectivity index (χ3v) is 12.1. The standard InChI is InChI=1S/C45H59N5O7/c1-27-29-13-12-14-31(37(51)52)35(29)48-34(27)33-16-15-30(36(47-33)38(53)56-40(3,4)5)32-19-46-50(28(32)2)26-44-21-42(9)20-43(10,22-44)24-45(23-42,25-44)55-18-17-49(11)39(54)57-41(6,7)8/h12-16,19,48H,17-18,20-26H2,1-11H3,(H,51,52). The number of aromatic carboxylic acids is 1. The highest BCUT2D eigenvalue weighted by molar-refractivity contribution is 6.05. The van der Waals surface area contributed by atoms with Crippen LogP contribution in [0.4, 0.5) is 4.79 Å². The van der Waals surface area contributed by atoms with Crippen LogP contribution in [0, 0.1) is 30.1 Å². The van der Waals surface area contributed by atoms with Gasteiger partial charge in [-0.05, 0) is 134 Å². The number of aromatic nitrogens is 4. The summed E-state index contributed by atoms with van der Waals surface area (Å²) >= 11 is 0. The van der Waals surface area contributed by atoms with E-state index in [0.717, 1.165) is 60.9 Å². The number of carboxylic acid groups (broad SMARTS) is 1. The molecule has 306 valence electrons. The molecule has 0 saturated heterocycles. The first kappa shape index (κ1) is 40.5. The minimum absolute atomic E-state index is 0.0403. The van der Waals surface area contributed by atoms with Gasteiger partial charge in [-0.3, -0.25) is 4.68 Å². The van der Waals surface area contributed by atoms with Crippen LogP contribution in [-0.2, 0) is 20.8 Å². The van der Waals surface area contributed by atoms with E-state index < -0.39 is 23.1 Å². The Labute approximate surface area is 335 Å². The fourth-order valence-electron chi connectivity index (χ4n) is 11.3. The zero-order valence-electron chi connectivity index (χ0n) is 35.5. The molecule has 4 aliphatic rings. The number of benzene rings is 1. The molecule has 4 bridgehead atoms. The summed E-state index contributed by atoms with van der Waals surface area (Å²) in [5.74, 6) is -1.58. The molecule has 2 atom stereocenters. The number of nitrogens with zero attached hydrogens (tertiary/aromatic N) is 4. The molecule has 12 heteroatoms. The quantitative estimate of drug-likeness (QED) is 0.150. The number of H-pyrrole nitrogens is 1. The van der Waals surface area contributed by atoms with Crippen molar-refractivity contribution in [1.82, 2.24) is 24.6 Å². The maximum Gasteiger partial charge on any atom is 0.410 e. The van der Waals surface area contributed by atoms with Gasteiger partial charge in [0.2, 0.25) is 0 Å². The normalized spacial score (nSPS) is 25.5. The summed E-state index contributed by atoms with van der Waals surface area (Å²) in [7, 11) is 1.76. The molecule has 0 radical (unpaired) electrons. The number of carbonyl (C=O) groups excluding carboxylic acids is 2. The molecule has 4 fully saturated rings. The van der Waals surface area contributed by atoms with Crippen molar-refractivity contribution in [2.75, 3.05) is 20.2 Å². The van der Waals surface area contributed by atoms with Gasteiger partial charge in [0, 0.05) is 42.3 Å². The van der Waals surface area contributed by atoms with E-state index in [-0.39, 0.29) is 39.2 Å². The lowest BCUT2D eigenvalue weighted by atomic mass is 9.39. The Morgan fingerprint density at radius 1 is 0.895 bits per heavy atom. The Bertz CT molecular complexity index is 2240. The summed E-state index contributed by atoms with van der Waals surface area (Å²) in [6.07, 6.45) is 7.74. The van der Waals surface area contributed by atoms with Crippen molar-refractivity contribution >= 4 is 28.9 Å². The monoisotopic (exact) mass is 781 g/mol. The number of likely N-dealkylation sites (N-methyl/N-ethyl adjacent to an activating group) is 1. The van der Waals surface area contributed by atoms with E-state index in [2.05, 4.69) is 23.5 Å². The van der Waals surface area contributed by atoms with E-state index in [4.69, 9.17) is 24.3 Å². The number of aryl methyl sites for hydroxylation is 1. The number of carboxylic acids is 1. The first-order valence-corrected chi connectivity index (χ1v) is 20.1. The SMILES string of the molecule is Cc1c(-c2ccc(-c3cnn(CC45CC6(C)CC(C)(C4)CC(OCCN(C)C(=O)OC(C)(C)C)(C6)C5)c3C)c(C(=O)OC(C)(C)C)n2)[nH]c2c(C(=O)O)cccc12. The van der Waals surface area contributed by atoms with Gasteiger partial charge in [0.25, 0.3) is 0 Å². The minimum atomic E-state index is -1.03. The van der Waals surface area contributed by atoms with Gasteiger partial charge in [0.1, 0.15) is 11.2 Å². The molecule has 12 nitrogen and oxygen atoms in total. The highest BCUT2D eigenvalue weighted by atomic mass is 16.6. The summed E-state index contributed by atoms with van der Waals surface area (Å²) in [5, 5.41) is 15.6. The van der Waals surface area contributed by atoms with Crippen molar-refractivity contribution in [3.63, 3.8) is 0 Å². The van der Waals surface area contributed by atoms with Crippen LogP contribution in [0.3, 0.4) is 0 Å². The van der Waals surface area contributed by atoms with E-state index >= 15 is 0 Å². The molecule has 1 amide bonds. The third-order valence-electron chi connectivity index (χ3n) is 12.1. The number of para-hydroxylation sites is 1. The van der Waals surface area contributed by atoms with Gasteiger partial charge in [-0.1, -0.05) is 26.0 Å². The number of ether oxygens (including phenoxy) is 3. The number of carbonyl (C=O) groups is 3. The Morgan fingerprint density at radius 3 is 2.19 bits per heavy atom. The lowest BCUT2D eigenvalue weighted by molar-refractivity contribution is -0.248. The second kappa shape index (κ2) is 13.7. The summed E-state index contributed by atoms with van der Waals surface area (Å²) in [6.45, 7) is 21.5. The Kier molecular flexibility index (Phi) is 9.73. The molecule has 8 rings (SSSR count). The van der Waals surface area contributed by atoms with Crippen LogP contribution in [-0.4, -0.2) is 84.8 Å². The molecule has 2 N–H and O–H groups in total. The van der Waals surface area contributed by atoms with Gasteiger partial charge in [0.15, 0.2) is 5.69 Å². The van der Waals surface area contributed by atoms with Gasteiger partial charge in [-0.25, -0.2) is 19.4 Å². The maximum atomic E-state index is 13.9. The van der Waals surface area contributed by atoms with Gasteiger partial charge in [-0.2, -0.15) is 5.10 Å². The smallest absolute Gasteiger partial charge is 0.410 e. The first-order valence-electron chi connectivity index (χ1n) is 20.1. The molecule has 4 aliphatic carbocycles. The predicted octanol–water partition coefficient (Wildman–Crippen LogP) is 9.37. The number of esters is 1. The molecule has 57 heavy (non-hydrogen) atoms. The van der Waals surface area contributed by atoms with Gasteiger partial charge in [0.05, 0.1) is 40.9 Å². The Morgan fingerprint density at radius 2 is 1.56 bits per heavy atom. The van der Waals surface area contributed by atoms with Crippen LogP contribution in [0.15, 0.2) is 36.5 Å². The lowest BCUT2D eigenvalue weighted by Gasteiger charge is -2.69. The van der Waals surface area contributed by atoms with E-state index in [0.29, 0.717) is 35.6 Å². The number of fused-ring (bicyclic) bond motifs is 1. The van der Waals surface area contributed by atoms with Crippen molar-refractivity contribution < 1.29 is 33.7 Å². The number of nitrogens with one attached hydrogen (secondary N) is 1. The zero-order chi connectivity index (χ0) is 41.5. The number of hydrogen-bond acceptors (Lipinski definition) is 8. The van der Waals surface area contributed by atoms with Gasteiger partial charge in [-0.15, -0.1) is 0 Å². The molecule has 2 unspecified atom stereocenters. The molecule has 3 heterocycles. The van der Waals surface area contributed by atoms with Crippen LogP contribution >= 0.6 is 0 Å². The fraction of sp³-hybridized carbons (Fsp3) is 0.578. The maximum absolute atomic E-state index is 13.9. The molecule has 3 aromatic heterocycles. The van der Waals surface area contributed by atoms with Gasteiger partial charge < -0.3 is 29.2 Å². The second-order valence-corrected chi connectivity index (χ2v) is 20.2. The summed E-state index contributed by atoms with van der Waals surface area (Å²) in [4.78, 5) is 48.5. The Balaban J connectivity index is 1.19. The molecule has 4 aromatic rings. The highest BCUT2D eigenvalue weighted by Gasteiger charge is 2.66. The summed E-state index contributed by atoms with van der Waals surface area (Å²) in [6, 6.07) is 8.92. The van der Waals surface area contributed by atoms with E-state index in [1.807, 2.05) is 79.8 Å². The molecule has 1 aromatic carbocycles. The molecule has 4 saturated carbocycles. The average molecular weight is 782 g/mol. The summed E-state index contributed by atoms with van der Waals surface area (Å²) in [5.41, 5.74) is 3.78. The van der Waals surface area contributed by atoms with Crippen LogP contribution < -0.4 is 0 Å². The van der Waals surface area contributed by atoms with Crippen LogP contribution in [0.5, 0.6) is 0 Å². The zero-order valence-corrected chi connectivity index (χ0v) is 35.5. The van der Waals surface area contributed by atoms with Gasteiger partial charge >= 0.3 is 18.0 Å². The number of aromatic amines is 1. The largest absolute Gasteiger partial charge is 0.478 e. The van der Waals surface area contributed by atoms with Crippen LogP contribution in [0.1, 0.15) is 126 Å². The third kappa shape index (κ3) is 7.94. The van der Waals surface area contributed by atoms with Crippen molar-refractivity contribution in [3.8, 4) is 22.5 Å². The number of hydrogen-bond donors (Lipinski definition) is 2. The van der Waals surface area contributed by atoms with E-state index in [1.54, 1.807) is 24.1 Å². The topological polar surface area (TPSA) is 149 Å². The minimum Gasteiger partial charge on any atom is -0.478 e. The number of amides is 1. The predicted molar refractivity (Wildman–Crippen MR) is 218 cm³/mol. The average Bonchev–Trinajstić information content (AvgIpc) is 3.59. The van der Waals surface area contributed by atoms with Crippen molar-refractivity contribution in [1.29, 1.82) is 0 Å². The molecule has 0 spiro atoms. The molecular weight excluding hydrogens is 723 g/mol. The van der Waals surface area contributed by atoms with Crippen molar-refractivity contribution in [2.45, 2.75) is 131 Å². The molecule has 0 aliphatic heterocycles. The fourth-order valence-corrected chi connectivity index (χ4v) is 11.3. The number of pyridine rings is 1. The van der Waals surface area contributed by atoms with Crippen LogP contribution in [0.25, 0.3) is 33.4 Å². The second-order valence-electron chi connectivity index (χ2n) is 20.2. The Hall–Kier alpha value is -4.71. The highest BCUT2D eigenvalue weighted by Crippen LogP contribution is 2.72.